The maximum Gasteiger partial charge on any atom is 0.0991 e. The monoisotopic (exact) mass is 170 g/mol. The van der Waals surface area contributed by atoms with Crippen LogP contribution in [0.1, 0.15) is 6.92 Å². The summed E-state index contributed by atoms with van der Waals surface area (Å²) in [6.07, 6.45) is 9.20. The lowest BCUT2D eigenvalue weighted by Gasteiger charge is -1.97. The molecule has 60 valence electrons. The highest BCUT2D eigenvalue weighted by molar-refractivity contribution is 5.85. The highest BCUT2D eigenvalue weighted by Crippen LogP contribution is 2.00. The van der Waals surface area contributed by atoms with Crippen molar-refractivity contribution < 1.29 is 0 Å². The molecule has 0 unspecified atom stereocenters. The zero-order chi connectivity index (χ0) is 7.40. The van der Waals surface area contributed by atoms with Crippen molar-refractivity contribution in [2.24, 2.45) is 0 Å². The molecule has 11 heavy (non-hydrogen) atoms. The molecule has 0 aliphatic carbocycles. The van der Waals surface area contributed by atoms with Gasteiger partial charge in [0.1, 0.15) is 0 Å². The smallest absolute Gasteiger partial charge is 0.0991 e. The first kappa shape index (κ1) is 9.98. The quantitative estimate of drug-likeness (QED) is 0.623. The van der Waals surface area contributed by atoms with Crippen LogP contribution < -0.4 is 0 Å². The fourth-order valence-electron chi connectivity index (χ4n) is 0.707. The Hall–Kier alpha value is -1.02. The standard InChI is InChI=1S/C8H10N2.ClH/c1-3-4-8(2)10-6-5-9-7-10;/h3-7H,2H2,1H3;1H. The highest BCUT2D eigenvalue weighted by Gasteiger charge is 1.87. The SMILES string of the molecule is C=C(C=CC)n1ccnc1.Cl. The van der Waals surface area contributed by atoms with Gasteiger partial charge in [0.15, 0.2) is 0 Å². The van der Waals surface area contributed by atoms with Crippen molar-refractivity contribution in [1.29, 1.82) is 0 Å². The molecule has 3 heteroatoms. The van der Waals surface area contributed by atoms with E-state index in [4.69, 9.17) is 0 Å². The minimum absolute atomic E-state index is 0. The Morgan fingerprint density at radius 3 is 2.82 bits per heavy atom. The summed E-state index contributed by atoms with van der Waals surface area (Å²) in [4.78, 5) is 3.89. The fraction of sp³-hybridized carbons (Fsp3) is 0.125. The molecule has 1 aromatic heterocycles. The van der Waals surface area contributed by atoms with E-state index in [1.165, 1.54) is 0 Å². The van der Waals surface area contributed by atoms with Crippen LogP contribution in [0.5, 0.6) is 0 Å². The van der Waals surface area contributed by atoms with Crippen LogP contribution in [0.2, 0.25) is 0 Å². The molecule has 1 heterocycles. The summed E-state index contributed by atoms with van der Waals surface area (Å²) in [5.74, 6) is 0. The van der Waals surface area contributed by atoms with Gasteiger partial charge in [-0.15, -0.1) is 12.4 Å². The number of imidazole rings is 1. The van der Waals surface area contributed by atoms with Crippen molar-refractivity contribution in [2.45, 2.75) is 6.92 Å². The second-order valence-corrected chi connectivity index (χ2v) is 1.96. The molecule has 0 saturated carbocycles. The molecule has 0 N–H and O–H groups in total. The predicted octanol–water partition coefficient (Wildman–Crippen LogP) is 2.35. The maximum absolute atomic E-state index is 3.89. The molecule has 1 aromatic rings. The first-order valence-electron chi connectivity index (χ1n) is 3.14. The van der Waals surface area contributed by atoms with E-state index in [0.29, 0.717) is 0 Å². The normalized spacial score (nSPS) is 9.55. The number of halogens is 1. The zero-order valence-electron chi connectivity index (χ0n) is 6.40. The molecule has 0 saturated heterocycles. The number of hydrogen-bond acceptors (Lipinski definition) is 1. The van der Waals surface area contributed by atoms with Gasteiger partial charge in [-0.25, -0.2) is 4.98 Å². The van der Waals surface area contributed by atoms with Crippen LogP contribution in [0.25, 0.3) is 5.70 Å². The largest absolute Gasteiger partial charge is 0.307 e. The third-order valence-corrected chi connectivity index (χ3v) is 1.20. The molecule has 0 aliphatic heterocycles. The number of hydrogen-bond donors (Lipinski definition) is 0. The van der Waals surface area contributed by atoms with E-state index >= 15 is 0 Å². The highest BCUT2D eigenvalue weighted by atomic mass is 35.5. The minimum atomic E-state index is 0. The topological polar surface area (TPSA) is 17.8 Å². The van der Waals surface area contributed by atoms with Gasteiger partial charge >= 0.3 is 0 Å². The van der Waals surface area contributed by atoms with Crippen molar-refractivity contribution in [3.63, 3.8) is 0 Å². The maximum atomic E-state index is 3.89. The predicted molar refractivity (Wildman–Crippen MR) is 49.6 cm³/mol. The Labute approximate surface area is 72.7 Å². The summed E-state index contributed by atoms with van der Waals surface area (Å²) in [6.45, 7) is 5.78. The second kappa shape index (κ2) is 4.74. The Morgan fingerprint density at radius 1 is 1.64 bits per heavy atom. The molecule has 1 rings (SSSR count). The van der Waals surface area contributed by atoms with E-state index in [0.717, 1.165) is 5.70 Å². The third kappa shape index (κ3) is 2.60. The van der Waals surface area contributed by atoms with Gasteiger partial charge in [0, 0.05) is 18.1 Å². The molecule has 0 bridgehead atoms. The van der Waals surface area contributed by atoms with Crippen molar-refractivity contribution >= 4 is 18.1 Å². The lowest BCUT2D eigenvalue weighted by Crippen LogP contribution is -1.86. The molecule has 0 atom stereocenters. The van der Waals surface area contributed by atoms with E-state index < -0.39 is 0 Å². The van der Waals surface area contributed by atoms with Gasteiger partial charge in [0.05, 0.1) is 6.33 Å². The van der Waals surface area contributed by atoms with Gasteiger partial charge < -0.3 is 4.57 Å². The molecule has 0 amide bonds. The first-order valence-corrected chi connectivity index (χ1v) is 3.14. The summed E-state index contributed by atoms with van der Waals surface area (Å²) in [5.41, 5.74) is 0.931. The van der Waals surface area contributed by atoms with Crippen LogP contribution in [-0.2, 0) is 0 Å². The summed E-state index contributed by atoms with van der Waals surface area (Å²) in [6, 6.07) is 0. The van der Waals surface area contributed by atoms with Crippen molar-refractivity contribution in [3.05, 3.63) is 37.5 Å². The molecule has 0 fully saturated rings. The van der Waals surface area contributed by atoms with Crippen LogP contribution in [0.3, 0.4) is 0 Å². The van der Waals surface area contributed by atoms with Crippen molar-refractivity contribution in [1.82, 2.24) is 9.55 Å². The summed E-state index contributed by atoms with van der Waals surface area (Å²) in [5, 5.41) is 0. The number of allylic oxidation sites excluding steroid dienone is 3. The summed E-state index contributed by atoms with van der Waals surface area (Å²) < 4.78 is 1.86. The number of rotatable bonds is 2. The number of nitrogens with zero attached hydrogens (tertiary/aromatic N) is 2. The lowest BCUT2D eigenvalue weighted by molar-refractivity contribution is 1.10. The fourth-order valence-corrected chi connectivity index (χ4v) is 0.707. The second-order valence-electron chi connectivity index (χ2n) is 1.96. The average Bonchev–Trinajstić information content (AvgIpc) is 2.38. The van der Waals surface area contributed by atoms with Crippen LogP contribution in [0, 0.1) is 0 Å². The molecular formula is C8H11ClN2. The zero-order valence-corrected chi connectivity index (χ0v) is 7.21. The van der Waals surface area contributed by atoms with E-state index in [-0.39, 0.29) is 12.4 Å². The molecule has 0 aliphatic rings. The van der Waals surface area contributed by atoms with E-state index in [1.807, 2.05) is 29.8 Å². The molecule has 0 radical (unpaired) electrons. The molecular weight excluding hydrogens is 160 g/mol. The molecule has 0 aromatic carbocycles. The van der Waals surface area contributed by atoms with Crippen molar-refractivity contribution in [2.75, 3.05) is 0 Å². The van der Waals surface area contributed by atoms with Crippen molar-refractivity contribution in [3.8, 4) is 0 Å². The lowest BCUT2D eigenvalue weighted by atomic mass is 10.4. The van der Waals surface area contributed by atoms with E-state index in [2.05, 4.69) is 11.6 Å². The van der Waals surface area contributed by atoms with Crippen LogP contribution in [0.15, 0.2) is 37.5 Å². The van der Waals surface area contributed by atoms with Crippen LogP contribution >= 0.6 is 12.4 Å². The molecule has 2 nitrogen and oxygen atoms in total. The van der Waals surface area contributed by atoms with Gasteiger partial charge in [0.25, 0.3) is 0 Å². The minimum Gasteiger partial charge on any atom is -0.307 e. The molecule has 0 spiro atoms. The Kier molecular flexibility index (Phi) is 4.30. The van der Waals surface area contributed by atoms with Crippen LogP contribution in [-0.4, -0.2) is 9.55 Å². The third-order valence-electron chi connectivity index (χ3n) is 1.20. The van der Waals surface area contributed by atoms with Gasteiger partial charge in [-0.05, 0) is 13.0 Å². The van der Waals surface area contributed by atoms with Gasteiger partial charge in [0.2, 0.25) is 0 Å². The van der Waals surface area contributed by atoms with Gasteiger partial charge in [-0.3, -0.25) is 0 Å². The van der Waals surface area contributed by atoms with Crippen LogP contribution in [0.4, 0.5) is 0 Å². The Bertz CT molecular complexity index is 237. The van der Waals surface area contributed by atoms with E-state index in [9.17, 15) is 0 Å². The average molecular weight is 171 g/mol. The van der Waals surface area contributed by atoms with E-state index in [1.54, 1.807) is 12.5 Å². The first-order chi connectivity index (χ1) is 4.84. The summed E-state index contributed by atoms with van der Waals surface area (Å²) >= 11 is 0. The Balaban J connectivity index is 0.000001000. The van der Waals surface area contributed by atoms with Gasteiger partial charge in [-0.2, -0.15) is 0 Å². The Morgan fingerprint density at radius 2 is 2.36 bits per heavy atom. The summed E-state index contributed by atoms with van der Waals surface area (Å²) in [7, 11) is 0. The number of aromatic nitrogens is 2. The van der Waals surface area contributed by atoms with Gasteiger partial charge in [-0.1, -0.05) is 12.7 Å².